The molecule has 0 spiro atoms. The maximum Gasteiger partial charge on any atom is 0.191 e. The molecule has 1 aliphatic rings. The zero-order valence-corrected chi connectivity index (χ0v) is 14.0. The van der Waals surface area contributed by atoms with Crippen molar-refractivity contribution in [3.8, 4) is 0 Å². The maximum absolute atomic E-state index is 4.28. The van der Waals surface area contributed by atoms with Gasteiger partial charge < -0.3 is 10.6 Å². The van der Waals surface area contributed by atoms with Gasteiger partial charge in [-0.1, -0.05) is 6.07 Å². The molecule has 2 N–H and O–H groups in total. The molecule has 1 saturated carbocycles. The highest BCUT2D eigenvalue weighted by Gasteiger charge is 2.28. The van der Waals surface area contributed by atoms with Gasteiger partial charge in [0.15, 0.2) is 17.4 Å². The number of nitrogens with zero attached hydrogens (tertiary/aromatic N) is 5. The van der Waals surface area contributed by atoms with E-state index in [-0.39, 0.29) is 0 Å². The topological polar surface area (TPSA) is 69.8 Å². The summed E-state index contributed by atoms with van der Waals surface area (Å²) < 4.78 is 1.98. The number of aliphatic imine (C=N–C) groups is 1. The fraction of sp³-hybridized carbons (Fsp3) is 0.562. The summed E-state index contributed by atoms with van der Waals surface area (Å²) in [4.78, 5) is 6.71. The molecule has 1 fully saturated rings. The summed E-state index contributed by atoms with van der Waals surface area (Å²) in [5, 5.41) is 15.1. The largest absolute Gasteiger partial charge is 0.355 e. The van der Waals surface area contributed by atoms with E-state index in [4.69, 9.17) is 0 Å². The first-order valence-corrected chi connectivity index (χ1v) is 8.14. The Morgan fingerprint density at radius 1 is 1.39 bits per heavy atom. The molecular formula is C16H25N7. The van der Waals surface area contributed by atoms with E-state index in [9.17, 15) is 0 Å². The Hall–Kier alpha value is -2.15. The molecule has 23 heavy (non-hydrogen) atoms. The van der Waals surface area contributed by atoms with Gasteiger partial charge in [-0.15, -0.1) is 10.2 Å². The van der Waals surface area contributed by atoms with Gasteiger partial charge in [0, 0.05) is 31.9 Å². The number of nitrogens with one attached hydrogen (secondary N) is 2. The van der Waals surface area contributed by atoms with Gasteiger partial charge in [-0.05, 0) is 38.9 Å². The Bertz CT molecular complexity index is 674. The fourth-order valence-electron chi connectivity index (χ4n) is 2.62. The monoisotopic (exact) mass is 315 g/mol. The van der Waals surface area contributed by atoms with E-state index in [0.29, 0.717) is 12.6 Å². The minimum absolute atomic E-state index is 0.481. The number of fused-ring (bicyclic) bond motifs is 1. The van der Waals surface area contributed by atoms with Gasteiger partial charge in [0.2, 0.25) is 0 Å². The molecule has 1 unspecified atom stereocenters. The highest BCUT2D eigenvalue weighted by molar-refractivity contribution is 5.79. The molecule has 124 valence electrons. The minimum atomic E-state index is 0.481. The van der Waals surface area contributed by atoms with E-state index in [1.165, 1.54) is 12.8 Å². The van der Waals surface area contributed by atoms with Crippen LogP contribution in [0.3, 0.4) is 0 Å². The molecule has 0 aliphatic heterocycles. The molecule has 2 aromatic heterocycles. The van der Waals surface area contributed by atoms with Crippen molar-refractivity contribution in [1.82, 2.24) is 30.1 Å². The van der Waals surface area contributed by atoms with Crippen LogP contribution in [-0.2, 0) is 6.54 Å². The molecule has 7 heteroatoms. The number of guanidine groups is 1. The second kappa shape index (κ2) is 6.95. The Labute approximate surface area is 136 Å². The van der Waals surface area contributed by atoms with Crippen LogP contribution in [0.15, 0.2) is 29.4 Å². The molecule has 2 heterocycles. The number of hydrogen-bond acceptors (Lipinski definition) is 4. The average Bonchev–Trinajstić information content (AvgIpc) is 3.35. The van der Waals surface area contributed by atoms with Gasteiger partial charge in [0.05, 0.1) is 6.54 Å². The Kier molecular flexibility index (Phi) is 4.76. The van der Waals surface area contributed by atoms with Crippen molar-refractivity contribution in [3.63, 3.8) is 0 Å². The van der Waals surface area contributed by atoms with Gasteiger partial charge in [-0.25, -0.2) is 0 Å². The molecule has 0 saturated heterocycles. The van der Waals surface area contributed by atoms with Crippen LogP contribution in [0.2, 0.25) is 0 Å². The van der Waals surface area contributed by atoms with Gasteiger partial charge >= 0.3 is 0 Å². The van der Waals surface area contributed by atoms with Crippen LogP contribution in [-0.4, -0.2) is 58.2 Å². The van der Waals surface area contributed by atoms with Crippen molar-refractivity contribution in [2.45, 2.75) is 38.4 Å². The average molecular weight is 315 g/mol. The summed E-state index contributed by atoms with van der Waals surface area (Å²) in [5.74, 6) is 1.65. The van der Waals surface area contributed by atoms with Gasteiger partial charge in [-0.2, -0.15) is 0 Å². The van der Waals surface area contributed by atoms with Crippen LogP contribution in [0.4, 0.5) is 0 Å². The van der Waals surface area contributed by atoms with Crippen molar-refractivity contribution in [2.24, 2.45) is 4.99 Å². The highest BCUT2D eigenvalue weighted by Crippen LogP contribution is 2.26. The second-order valence-corrected chi connectivity index (χ2v) is 6.10. The summed E-state index contributed by atoms with van der Waals surface area (Å²) in [7, 11) is 3.98. The maximum atomic E-state index is 4.28. The SMILES string of the molecule is CN=C(NCc1nnc2ccccn12)NCC(C)N(C)C1CC1. The molecule has 0 amide bonds. The summed E-state index contributed by atoms with van der Waals surface area (Å²) >= 11 is 0. The number of pyridine rings is 1. The summed E-state index contributed by atoms with van der Waals surface area (Å²) in [6.07, 6.45) is 4.62. The summed E-state index contributed by atoms with van der Waals surface area (Å²) in [6, 6.07) is 7.12. The quantitative estimate of drug-likeness (QED) is 0.612. The second-order valence-electron chi connectivity index (χ2n) is 6.10. The molecule has 1 aliphatic carbocycles. The lowest BCUT2D eigenvalue weighted by atomic mass is 10.3. The van der Waals surface area contributed by atoms with Crippen molar-refractivity contribution < 1.29 is 0 Å². The first-order valence-electron chi connectivity index (χ1n) is 8.14. The lowest BCUT2D eigenvalue weighted by molar-refractivity contribution is 0.247. The predicted octanol–water partition coefficient (Wildman–Crippen LogP) is 0.877. The van der Waals surface area contributed by atoms with Crippen LogP contribution in [0, 0.1) is 0 Å². The van der Waals surface area contributed by atoms with Crippen LogP contribution < -0.4 is 10.6 Å². The van der Waals surface area contributed by atoms with Gasteiger partial charge in [0.25, 0.3) is 0 Å². The van der Waals surface area contributed by atoms with Crippen LogP contribution in [0.1, 0.15) is 25.6 Å². The molecule has 1 atom stereocenters. The van der Waals surface area contributed by atoms with Crippen LogP contribution >= 0.6 is 0 Å². The van der Waals surface area contributed by atoms with Gasteiger partial charge in [0.1, 0.15) is 0 Å². The zero-order valence-electron chi connectivity index (χ0n) is 14.0. The van der Waals surface area contributed by atoms with E-state index in [2.05, 4.69) is 44.7 Å². The summed E-state index contributed by atoms with van der Waals surface area (Å²) in [6.45, 7) is 3.69. The third-order valence-electron chi connectivity index (χ3n) is 4.40. The number of likely N-dealkylation sites (N-methyl/N-ethyl adjacent to an activating group) is 1. The Balaban J connectivity index is 1.51. The Morgan fingerprint density at radius 3 is 2.96 bits per heavy atom. The number of hydrogen-bond donors (Lipinski definition) is 2. The molecule has 0 bridgehead atoms. The fourth-order valence-corrected chi connectivity index (χ4v) is 2.62. The van der Waals surface area contributed by atoms with Crippen LogP contribution in [0.5, 0.6) is 0 Å². The van der Waals surface area contributed by atoms with Crippen molar-refractivity contribution in [1.29, 1.82) is 0 Å². The van der Waals surface area contributed by atoms with E-state index in [0.717, 1.165) is 30.0 Å². The highest BCUT2D eigenvalue weighted by atomic mass is 15.3. The first-order chi connectivity index (χ1) is 11.2. The Morgan fingerprint density at radius 2 is 2.22 bits per heavy atom. The standard InChI is InChI=1S/C16H25N7/c1-12(22(3)13-7-8-13)10-18-16(17-2)19-11-15-21-20-14-6-4-5-9-23(14)15/h4-6,9,12-13H,7-8,10-11H2,1-3H3,(H2,17,18,19). The third kappa shape index (κ3) is 3.79. The van der Waals surface area contributed by atoms with E-state index in [1.807, 2.05) is 28.8 Å². The van der Waals surface area contributed by atoms with E-state index in [1.54, 1.807) is 7.05 Å². The lowest BCUT2D eigenvalue weighted by Gasteiger charge is -2.25. The van der Waals surface area contributed by atoms with Crippen molar-refractivity contribution >= 4 is 11.6 Å². The molecular weight excluding hydrogens is 290 g/mol. The predicted molar refractivity (Wildman–Crippen MR) is 91.4 cm³/mol. The normalized spacial score (nSPS) is 16.8. The first kappa shape index (κ1) is 15.7. The molecule has 0 radical (unpaired) electrons. The van der Waals surface area contributed by atoms with Crippen molar-refractivity contribution in [3.05, 3.63) is 30.2 Å². The van der Waals surface area contributed by atoms with E-state index < -0.39 is 0 Å². The zero-order chi connectivity index (χ0) is 16.2. The van der Waals surface area contributed by atoms with Crippen molar-refractivity contribution in [2.75, 3.05) is 20.6 Å². The van der Waals surface area contributed by atoms with E-state index >= 15 is 0 Å². The lowest BCUT2D eigenvalue weighted by Crippen LogP contribution is -2.45. The van der Waals surface area contributed by atoms with Gasteiger partial charge in [-0.3, -0.25) is 14.3 Å². The number of aromatic nitrogens is 3. The molecule has 0 aromatic carbocycles. The third-order valence-corrected chi connectivity index (χ3v) is 4.40. The van der Waals surface area contributed by atoms with Crippen LogP contribution in [0.25, 0.3) is 5.65 Å². The minimum Gasteiger partial charge on any atom is -0.355 e. The number of rotatable bonds is 6. The molecule has 2 aromatic rings. The smallest absolute Gasteiger partial charge is 0.191 e. The molecule has 7 nitrogen and oxygen atoms in total. The summed E-state index contributed by atoms with van der Waals surface area (Å²) in [5.41, 5.74) is 0.854. The molecule has 3 rings (SSSR count).